The number of carbonyl (C=O) groups is 2. The summed E-state index contributed by atoms with van der Waals surface area (Å²) in [6.45, 7) is 0.630. The number of nitrogens with zero attached hydrogens (tertiary/aromatic N) is 1. The van der Waals surface area contributed by atoms with E-state index in [0.29, 0.717) is 6.54 Å². The number of hydrogen-bond acceptors (Lipinski definition) is 4. The smallest absolute Gasteiger partial charge is 0.326 e. The molecule has 0 bridgehead atoms. The molecular weight excluding hydrogens is 202 g/mol. The van der Waals surface area contributed by atoms with Crippen molar-refractivity contribution in [3.05, 3.63) is 0 Å². The largest absolute Gasteiger partial charge is 0.480 e. The molecule has 1 saturated heterocycles. The summed E-state index contributed by atoms with van der Waals surface area (Å²) in [5.41, 5.74) is 5.20. The van der Waals surface area contributed by atoms with Gasteiger partial charge in [-0.3, -0.25) is 0 Å². The number of aliphatic hydroxyl groups is 1. The zero-order chi connectivity index (χ0) is 11.4. The first-order valence-electron chi connectivity index (χ1n) is 4.71. The Morgan fingerprint density at radius 1 is 1.53 bits per heavy atom. The molecule has 0 saturated carbocycles. The number of rotatable bonds is 3. The fourth-order valence-electron chi connectivity index (χ4n) is 1.55. The summed E-state index contributed by atoms with van der Waals surface area (Å²) in [6, 6.07) is -1.44. The summed E-state index contributed by atoms with van der Waals surface area (Å²) >= 11 is 0. The van der Waals surface area contributed by atoms with E-state index >= 15 is 0 Å². The molecule has 5 N–H and O–H groups in total. The van der Waals surface area contributed by atoms with Gasteiger partial charge in [0.25, 0.3) is 0 Å². The van der Waals surface area contributed by atoms with Crippen LogP contribution in [0.1, 0.15) is 6.42 Å². The average molecular weight is 217 g/mol. The van der Waals surface area contributed by atoms with Gasteiger partial charge in [-0.15, -0.1) is 0 Å². The van der Waals surface area contributed by atoms with E-state index in [2.05, 4.69) is 5.32 Å². The van der Waals surface area contributed by atoms with Gasteiger partial charge in [0.2, 0.25) is 0 Å². The van der Waals surface area contributed by atoms with Crippen LogP contribution in [0.3, 0.4) is 0 Å². The van der Waals surface area contributed by atoms with Gasteiger partial charge in [-0.25, -0.2) is 9.59 Å². The summed E-state index contributed by atoms with van der Waals surface area (Å²) < 4.78 is 0. The van der Waals surface area contributed by atoms with Gasteiger partial charge in [-0.2, -0.15) is 0 Å². The lowest BCUT2D eigenvalue weighted by atomic mass is 10.2. The van der Waals surface area contributed by atoms with Gasteiger partial charge in [0.1, 0.15) is 6.04 Å². The van der Waals surface area contributed by atoms with Crippen molar-refractivity contribution in [2.75, 3.05) is 19.6 Å². The van der Waals surface area contributed by atoms with E-state index in [-0.39, 0.29) is 19.5 Å². The third-order valence-corrected chi connectivity index (χ3v) is 2.25. The van der Waals surface area contributed by atoms with Crippen molar-refractivity contribution in [2.45, 2.75) is 18.6 Å². The van der Waals surface area contributed by atoms with Crippen LogP contribution in [0.2, 0.25) is 0 Å². The molecule has 7 nitrogen and oxygen atoms in total. The number of aliphatic carboxylic acids is 1. The van der Waals surface area contributed by atoms with Crippen LogP contribution in [0.4, 0.5) is 4.79 Å². The molecule has 2 amide bonds. The number of amides is 2. The Labute approximate surface area is 86.8 Å². The molecule has 0 aromatic carbocycles. The molecular formula is C8H15N3O4. The zero-order valence-corrected chi connectivity index (χ0v) is 8.22. The van der Waals surface area contributed by atoms with E-state index in [0.717, 1.165) is 4.90 Å². The van der Waals surface area contributed by atoms with Gasteiger partial charge in [-0.1, -0.05) is 0 Å². The first-order chi connectivity index (χ1) is 7.06. The molecule has 1 aliphatic rings. The Morgan fingerprint density at radius 2 is 2.20 bits per heavy atom. The quantitative estimate of drug-likeness (QED) is 0.444. The van der Waals surface area contributed by atoms with Crippen LogP contribution in [0.25, 0.3) is 0 Å². The highest BCUT2D eigenvalue weighted by molar-refractivity contribution is 5.83. The highest BCUT2D eigenvalue weighted by Gasteiger charge is 2.38. The fourth-order valence-corrected chi connectivity index (χ4v) is 1.55. The van der Waals surface area contributed by atoms with Gasteiger partial charge in [0.15, 0.2) is 0 Å². The topological polar surface area (TPSA) is 116 Å². The van der Waals surface area contributed by atoms with Gasteiger partial charge < -0.3 is 26.2 Å². The molecule has 1 rings (SSSR count). The molecule has 2 atom stereocenters. The van der Waals surface area contributed by atoms with Gasteiger partial charge >= 0.3 is 12.0 Å². The zero-order valence-electron chi connectivity index (χ0n) is 8.22. The number of carboxylic acids is 1. The van der Waals surface area contributed by atoms with Crippen LogP contribution >= 0.6 is 0 Å². The number of aliphatic hydroxyl groups excluding tert-OH is 1. The monoisotopic (exact) mass is 217 g/mol. The molecule has 1 fully saturated rings. The highest BCUT2D eigenvalue weighted by atomic mass is 16.4. The molecule has 0 radical (unpaired) electrons. The Kier molecular flexibility index (Phi) is 3.87. The normalized spacial score (nSPS) is 25.3. The van der Waals surface area contributed by atoms with E-state index < -0.39 is 24.1 Å². The van der Waals surface area contributed by atoms with E-state index in [9.17, 15) is 14.7 Å². The second kappa shape index (κ2) is 4.94. The van der Waals surface area contributed by atoms with Crippen molar-refractivity contribution >= 4 is 12.0 Å². The predicted molar refractivity (Wildman–Crippen MR) is 51.2 cm³/mol. The van der Waals surface area contributed by atoms with Crippen molar-refractivity contribution in [2.24, 2.45) is 5.73 Å². The van der Waals surface area contributed by atoms with E-state index in [4.69, 9.17) is 10.8 Å². The lowest BCUT2D eigenvalue weighted by Gasteiger charge is -2.21. The second-order valence-corrected chi connectivity index (χ2v) is 3.42. The maximum atomic E-state index is 11.4. The number of hydrogen-bond donors (Lipinski definition) is 4. The lowest BCUT2D eigenvalue weighted by Crippen LogP contribution is -2.47. The van der Waals surface area contributed by atoms with E-state index in [1.165, 1.54) is 0 Å². The summed E-state index contributed by atoms with van der Waals surface area (Å²) in [6.07, 6.45) is -0.694. The summed E-state index contributed by atoms with van der Waals surface area (Å²) in [5, 5.41) is 20.6. The van der Waals surface area contributed by atoms with Crippen molar-refractivity contribution < 1.29 is 19.8 Å². The lowest BCUT2D eigenvalue weighted by molar-refractivity contribution is -0.141. The molecule has 1 aliphatic heterocycles. The summed E-state index contributed by atoms with van der Waals surface area (Å²) in [7, 11) is 0. The Hall–Kier alpha value is -1.34. The molecule has 1 unspecified atom stereocenters. The number of nitrogens with two attached hydrogens (primary N) is 1. The molecule has 0 aromatic heterocycles. The van der Waals surface area contributed by atoms with Gasteiger partial charge in [-0.05, 0) is 0 Å². The first kappa shape index (κ1) is 11.7. The minimum Gasteiger partial charge on any atom is -0.480 e. The minimum absolute atomic E-state index is 0.0490. The number of carboxylic acid groups (broad SMARTS) is 1. The van der Waals surface area contributed by atoms with Crippen molar-refractivity contribution in [1.29, 1.82) is 0 Å². The van der Waals surface area contributed by atoms with Crippen molar-refractivity contribution in [1.82, 2.24) is 10.2 Å². The molecule has 0 aromatic rings. The van der Waals surface area contributed by atoms with Crippen molar-refractivity contribution in [3.8, 4) is 0 Å². The molecule has 15 heavy (non-hydrogen) atoms. The Balaban J connectivity index is 2.58. The number of likely N-dealkylation sites (tertiary alicyclic amines) is 1. The summed E-state index contributed by atoms with van der Waals surface area (Å²) in [5.74, 6) is -1.10. The molecule has 7 heteroatoms. The van der Waals surface area contributed by atoms with Crippen LogP contribution in [0.5, 0.6) is 0 Å². The number of nitrogens with one attached hydrogen (secondary N) is 1. The number of carbonyl (C=O) groups excluding carboxylic acids is 1. The Morgan fingerprint density at radius 3 is 2.73 bits per heavy atom. The first-order valence-corrected chi connectivity index (χ1v) is 4.71. The maximum Gasteiger partial charge on any atom is 0.326 e. The van der Waals surface area contributed by atoms with Crippen LogP contribution in [-0.2, 0) is 4.79 Å². The van der Waals surface area contributed by atoms with Gasteiger partial charge in [0, 0.05) is 26.1 Å². The highest BCUT2D eigenvalue weighted by Crippen LogP contribution is 2.17. The number of β-amino-alcohol motifs (C(OH)–C–C–N with tert-alkyl or cyclic N) is 1. The van der Waals surface area contributed by atoms with Crippen LogP contribution in [0.15, 0.2) is 0 Å². The number of urea groups is 1. The third kappa shape index (κ3) is 2.80. The Bertz CT molecular complexity index is 258. The standard InChI is InChI=1S/C8H15N3O4/c9-1-2-10-8(15)11-4-5(12)3-6(11)7(13)14/h5-6,12H,1-4,9H2,(H,10,15)(H,13,14)/t5?,6-/m0/s1. The second-order valence-electron chi connectivity index (χ2n) is 3.42. The SMILES string of the molecule is NCCNC(=O)N1CC(O)C[C@H]1C(=O)O. The van der Waals surface area contributed by atoms with Gasteiger partial charge in [0.05, 0.1) is 6.10 Å². The summed E-state index contributed by atoms with van der Waals surface area (Å²) in [4.78, 5) is 23.3. The van der Waals surface area contributed by atoms with Crippen LogP contribution in [0, 0.1) is 0 Å². The third-order valence-electron chi connectivity index (χ3n) is 2.25. The molecule has 86 valence electrons. The molecule has 0 spiro atoms. The van der Waals surface area contributed by atoms with E-state index in [1.54, 1.807) is 0 Å². The average Bonchev–Trinajstić information content (AvgIpc) is 2.57. The minimum atomic E-state index is -1.10. The van der Waals surface area contributed by atoms with E-state index in [1.807, 2.05) is 0 Å². The molecule has 0 aliphatic carbocycles. The fraction of sp³-hybridized carbons (Fsp3) is 0.750. The molecule has 1 heterocycles. The van der Waals surface area contributed by atoms with Crippen LogP contribution in [-0.4, -0.2) is 58.9 Å². The van der Waals surface area contributed by atoms with Crippen LogP contribution < -0.4 is 11.1 Å². The van der Waals surface area contributed by atoms with Crippen molar-refractivity contribution in [3.63, 3.8) is 0 Å². The maximum absolute atomic E-state index is 11.4. The predicted octanol–water partition coefficient (Wildman–Crippen LogP) is -1.83.